The van der Waals surface area contributed by atoms with Crippen molar-refractivity contribution < 1.29 is 39.6 Å². The zero-order valence-electron chi connectivity index (χ0n) is 35.8. The van der Waals surface area contributed by atoms with Crippen LogP contribution in [0.25, 0.3) is 33.0 Å². The van der Waals surface area contributed by atoms with E-state index in [1.807, 2.05) is 0 Å². The lowest BCUT2D eigenvalue weighted by atomic mass is 9.79. The van der Waals surface area contributed by atoms with Gasteiger partial charge in [0.25, 0.3) is 0 Å². The highest BCUT2D eigenvalue weighted by molar-refractivity contribution is 6.00. The number of likely N-dealkylation sites (tertiary alicyclic amines) is 2. The Morgan fingerprint density at radius 3 is 1.37 bits per heavy atom. The molecule has 330 valence electrons. The summed E-state index contributed by atoms with van der Waals surface area (Å²) in [5.41, 5.74) is 10.7. The predicted molar refractivity (Wildman–Crippen MR) is 237 cm³/mol. The van der Waals surface area contributed by atoms with Gasteiger partial charge in [0, 0.05) is 85.6 Å². The van der Waals surface area contributed by atoms with Crippen LogP contribution in [0.15, 0.2) is 60.9 Å². The van der Waals surface area contributed by atoms with Crippen molar-refractivity contribution in [1.82, 2.24) is 29.6 Å². The minimum absolute atomic E-state index is 0.00153. The van der Waals surface area contributed by atoms with Gasteiger partial charge in [-0.3, -0.25) is 19.4 Å². The molecule has 0 spiro atoms. The van der Waals surface area contributed by atoms with E-state index in [9.17, 15) is 19.2 Å². The molecule has 14 heteroatoms. The summed E-state index contributed by atoms with van der Waals surface area (Å²) in [7, 11) is 0. The van der Waals surface area contributed by atoms with Crippen LogP contribution in [0.4, 0.5) is 0 Å². The van der Waals surface area contributed by atoms with E-state index in [1.54, 1.807) is 0 Å². The summed E-state index contributed by atoms with van der Waals surface area (Å²) >= 11 is 0. The van der Waals surface area contributed by atoms with E-state index in [-0.39, 0.29) is 11.8 Å². The van der Waals surface area contributed by atoms with Crippen molar-refractivity contribution in [2.24, 2.45) is 11.8 Å². The highest BCUT2D eigenvalue weighted by Crippen LogP contribution is 2.43. The minimum atomic E-state index is -2.27. The highest BCUT2D eigenvalue weighted by atomic mass is 16.4. The molecule has 6 N–H and O–H groups in total. The first-order chi connectivity index (χ1) is 30.0. The number of benzene rings is 2. The van der Waals surface area contributed by atoms with Gasteiger partial charge in [-0.1, -0.05) is 50.3 Å². The molecule has 2 saturated heterocycles. The van der Waals surface area contributed by atoms with Gasteiger partial charge in [-0.25, -0.2) is 9.59 Å². The summed E-state index contributed by atoms with van der Waals surface area (Å²) in [5, 5.41) is 35.2. The number of aromatic amines is 2. The molecule has 0 saturated carbocycles. The van der Waals surface area contributed by atoms with Crippen molar-refractivity contribution in [3.63, 3.8) is 0 Å². The molecule has 6 atom stereocenters. The first-order valence-electron chi connectivity index (χ1n) is 22.5. The van der Waals surface area contributed by atoms with E-state index in [1.165, 1.54) is 55.2 Å². The second-order valence-corrected chi connectivity index (χ2v) is 17.6. The zero-order valence-corrected chi connectivity index (χ0v) is 35.8. The second-order valence-electron chi connectivity index (χ2n) is 17.6. The fourth-order valence-corrected chi connectivity index (χ4v) is 10.6. The van der Waals surface area contributed by atoms with Gasteiger partial charge in [0.2, 0.25) is 11.8 Å². The Morgan fingerprint density at radius 2 is 1.02 bits per heavy atom. The van der Waals surface area contributed by atoms with Crippen LogP contribution < -0.4 is 0 Å². The lowest BCUT2D eigenvalue weighted by molar-refractivity contribution is -0.165. The molecule has 14 nitrogen and oxygen atoms in total. The number of H-pyrrole nitrogens is 2. The number of carbonyl (C=O) groups is 4. The van der Waals surface area contributed by atoms with Crippen LogP contribution in [-0.4, -0.2) is 150 Å². The molecule has 2 aliphatic carbocycles. The van der Waals surface area contributed by atoms with Gasteiger partial charge < -0.3 is 40.2 Å². The molecule has 2 unspecified atom stereocenters. The average molecular weight is 849 g/mol. The number of amides is 2. The third-order valence-electron chi connectivity index (χ3n) is 13.5. The Hall–Kier alpha value is -5.28. The molecule has 2 aromatic carbocycles. The topological polar surface area (TPSA) is 194 Å². The summed E-state index contributed by atoms with van der Waals surface area (Å²) in [6.07, 6.45) is 13.4. The number of hydrogen-bond donors (Lipinski definition) is 6. The molecule has 0 radical (unpaired) electrons. The number of hydrogen-bond acceptors (Lipinski definition) is 8. The Labute approximate surface area is 361 Å². The van der Waals surface area contributed by atoms with Crippen LogP contribution in [0, 0.1) is 11.8 Å². The SMILES string of the molecule is CCCN1C[C@H](C(=O)N2CCCC2)C=C2c3cccc4[nH]cc(c34)C[C@H]21.CCCN1C[C@H](C(=O)N2CCCC2)C=C2c3cccc4[nH]cc(c34)C[C@H]21.O=C(O)C(O)C(O)C(=O)O. The number of rotatable bonds is 9. The average Bonchev–Trinajstić information content (AvgIpc) is 4.13. The summed E-state index contributed by atoms with van der Waals surface area (Å²) in [4.78, 5) is 61.9. The van der Waals surface area contributed by atoms with Crippen molar-refractivity contribution >= 4 is 56.7 Å². The lowest BCUT2D eigenvalue weighted by Crippen LogP contribution is -2.49. The predicted octanol–water partition coefficient (Wildman–Crippen LogP) is 4.76. The fourth-order valence-electron chi connectivity index (χ4n) is 10.6. The van der Waals surface area contributed by atoms with E-state index in [0.717, 1.165) is 104 Å². The zero-order chi connectivity index (χ0) is 43.7. The number of carboxylic acids is 2. The summed E-state index contributed by atoms with van der Waals surface area (Å²) < 4.78 is 0. The fraction of sp³-hybridized carbons (Fsp3) is 0.500. The maximum Gasteiger partial charge on any atom is 0.335 e. The maximum absolute atomic E-state index is 13.1. The highest BCUT2D eigenvalue weighted by Gasteiger charge is 2.40. The number of nitrogens with zero attached hydrogens (tertiary/aromatic N) is 4. The minimum Gasteiger partial charge on any atom is -0.479 e. The number of aliphatic carboxylic acids is 2. The number of carboxylic acid groups (broad SMARTS) is 2. The van der Waals surface area contributed by atoms with Crippen LogP contribution in [0.5, 0.6) is 0 Å². The molecule has 0 bridgehead atoms. The Balaban J connectivity index is 0.000000141. The Morgan fingerprint density at radius 1 is 0.629 bits per heavy atom. The van der Waals surface area contributed by atoms with Crippen LogP contribution >= 0.6 is 0 Å². The third-order valence-corrected chi connectivity index (χ3v) is 13.5. The van der Waals surface area contributed by atoms with Crippen LogP contribution in [-0.2, 0) is 32.0 Å². The van der Waals surface area contributed by atoms with Gasteiger partial charge >= 0.3 is 11.9 Å². The smallest absolute Gasteiger partial charge is 0.335 e. The maximum atomic E-state index is 13.1. The van der Waals surface area contributed by atoms with E-state index >= 15 is 0 Å². The number of aliphatic hydroxyl groups excluding tert-OH is 2. The largest absolute Gasteiger partial charge is 0.479 e. The van der Waals surface area contributed by atoms with E-state index < -0.39 is 24.1 Å². The third kappa shape index (κ3) is 8.45. The molecule has 62 heavy (non-hydrogen) atoms. The van der Waals surface area contributed by atoms with Gasteiger partial charge in [-0.2, -0.15) is 0 Å². The quantitative estimate of drug-likeness (QED) is 0.137. The first kappa shape index (κ1) is 43.4. The second kappa shape index (κ2) is 18.6. The number of aliphatic hydroxyl groups is 2. The van der Waals surface area contributed by atoms with Crippen molar-refractivity contribution in [3.8, 4) is 0 Å². The molecule has 4 aromatic rings. The number of nitrogens with one attached hydrogen (secondary N) is 2. The van der Waals surface area contributed by atoms with Crippen molar-refractivity contribution in [2.75, 3.05) is 52.4 Å². The van der Waals surface area contributed by atoms with E-state index in [2.05, 4.69) is 104 Å². The van der Waals surface area contributed by atoms with Gasteiger partial charge in [-0.15, -0.1) is 0 Å². The van der Waals surface area contributed by atoms with Crippen molar-refractivity contribution in [1.29, 1.82) is 0 Å². The number of fused-ring (bicyclic) bond motifs is 4. The van der Waals surface area contributed by atoms with Crippen LogP contribution in [0.2, 0.25) is 0 Å². The van der Waals surface area contributed by atoms with Gasteiger partial charge in [0.05, 0.1) is 11.8 Å². The number of aromatic nitrogens is 2. The summed E-state index contributed by atoms with van der Waals surface area (Å²) in [6.45, 7) is 12.1. The molecule has 10 rings (SSSR count). The molecule has 6 aliphatic rings. The van der Waals surface area contributed by atoms with E-state index in [0.29, 0.717) is 23.9 Å². The van der Waals surface area contributed by atoms with Crippen molar-refractivity contribution in [2.45, 2.75) is 89.5 Å². The van der Waals surface area contributed by atoms with Crippen LogP contribution in [0.3, 0.4) is 0 Å². The Kier molecular flexibility index (Phi) is 13.0. The normalized spacial score (nSPS) is 23.9. The Bertz CT molecular complexity index is 2210. The van der Waals surface area contributed by atoms with Crippen molar-refractivity contribution in [3.05, 3.63) is 83.2 Å². The summed E-state index contributed by atoms with van der Waals surface area (Å²) in [6, 6.07) is 13.9. The molecular weight excluding hydrogens is 789 g/mol. The summed E-state index contributed by atoms with van der Waals surface area (Å²) in [5.74, 6) is -2.86. The van der Waals surface area contributed by atoms with Gasteiger partial charge in [0.15, 0.2) is 12.2 Å². The molecule has 2 amide bonds. The van der Waals surface area contributed by atoms with Gasteiger partial charge in [0.1, 0.15) is 0 Å². The van der Waals surface area contributed by atoms with E-state index in [4.69, 9.17) is 20.4 Å². The van der Waals surface area contributed by atoms with Gasteiger partial charge in [-0.05, 0) is 110 Å². The standard InChI is InChI=1S/2C22H27N3O.C4H6O6/c2*1-2-8-25-14-16(22(26)24-9-3-4-10-24)11-18-17-6-5-7-19-21(17)15(13-23-19)12-20(18)25;5-1(3(7)8)2(6)4(9)10/h2*5-7,11,13,16,20,23H,2-4,8-10,12,14H2,1H3;1-2,5-6H,(H,7,8)(H,9,10)/t2*16-,20-;/m11./s1. The molecular formula is C48H60N6O8. The first-order valence-corrected chi connectivity index (χ1v) is 22.5. The lowest BCUT2D eigenvalue weighted by Gasteiger charge is -2.42. The van der Waals surface area contributed by atoms with Crippen LogP contribution in [0.1, 0.15) is 74.6 Å². The molecule has 4 aliphatic heterocycles. The number of carbonyl (C=O) groups excluding carboxylic acids is 2. The molecule has 2 aromatic heterocycles. The molecule has 6 heterocycles. The molecule has 2 fully saturated rings. The monoisotopic (exact) mass is 848 g/mol.